The van der Waals surface area contributed by atoms with Gasteiger partial charge in [-0.05, 0) is 30.9 Å². The van der Waals surface area contributed by atoms with Gasteiger partial charge in [-0.25, -0.2) is 0 Å². The number of likely N-dealkylation sites (N-methyl/N-ethyl adjacent to an activating group) is 1. The first-order chi connectivity index (χ1) is 9.72. The summed E-state index contributed by atoms with van der Waals surface area (Å²) in [4.78, 5) is 12.9. The van der Waals surface area contributed by atoms with E-state index in [1.807, 2.05) is 30.3 Å². The highest BCUT2D eigenvalue weighted by Gasteiger charge is 2.33. The lowest BCUT2D eigenvalue weighted by molar-refractivity contribution is -0.129. The molecule has 2 N–H and O–H groups in total. The van der Waals surface area contributed by atoms with E-state index in [0.717, 1.165) is 17.7 Å². The van der Waals surface area contributed by atoms with Gasteiger partial charge < -0.3 is 10.4 Å². The summed E-state index contributed by atoms with van der Waals surface area (Å²) in [6.45, 7) is 0. The Morgan fingerprint density at radius 3 is 2.50 bits per heavy atom. The van der Waals surface area contributed by atoms with Gasteiger partial charge in [0.15, 0.2) is 0 Å². The highest BCUT2D eigenvalue weighted by atomic mass is 32.2. The Labute approximate surface area is 125 Å². The molecule has 2 rings (SSSR count). The van der Waals surface area contributed by atoms with Crippen molar-refractivity contribution >= 4 is 17.7 Å². The van der Waals surface area contributed by atoms with Crippen molar-refractivity contribution < 1.29 is 9.90 Å². The molecule has 0 aromatic heterocycles. The van der Waals surface area contributed by atoms with Crippen LogP contribution in [0.15, 0.2) is 35.2 Å². The van der Waals surface area contributed by atoms with Crippen LogP contribution in [0, 0.1) is 5.92 Å². The van der Waals surface area contributed by atoms with Crippen molar-refractivity contribution in [3.63, 3.8) is 0 Å². The van der Waals surface area contributed by atoms with Crippen LogP contribution in [0.4, 0.5) is 0 Å². The molecule has 0 unspecified atom stereocenters. The molecule has 2 atom stereocenters. The largest absolute Gasteiger partial charge is 0.382 e. The number of amides is 1. The Morgan fingerprint density at radius 2 is 1.90 bits per heavy atom. The van der Waals surface area contributed by atoms with E-state index in [1.54, 1.807) is 18.8 Å². The van der Waals surface area contributed by atoms with Crippen molar-refractivity contribution in [1.29, 1.82) is 0 Å². The molecule has 1 fully saturated rings. The second kappa shape index (κ2) is 7.70. The molecule has 0 bridgehead atoms. The summed E-state index contributed by atoms with van der Waals surface area (Å²) in [6.07, 6.45) is 4.97. The highest BCUT2D eigenvalue weighted by Crippen LogP contribution is 2.38. The van der Waals surface area contributed by atoms with Gasteiger partial charge in [-0.15, -0.1) is 11.8 Å². The zero-order chi connectivity index (χ0) is 14.4. The zero-order valence-electron chi connectivity index (χ0n) is 11.9. The van der Waals surface area contributed by atoms with Crippen LogP contribution >= 0.6 is 11.8 Å². The summed E-state index contributed by atoms with van der Waals surface area (Å²) in [6, 6.07) is 10.0. The molecular formula is C16H23NO2S. The molecule has 1 aromatic rings. The first-order valence-corrected chi connectivity index (χ1v) is 8.21. The van der Waals surface area contributed by atoms with E-state index in [9.17, 15) is 9.90 Å². The lowest BCUT2D eigenvalue weighted by atomic mass is 9.85. The minimum absolute atomic E-state index is 0.0577. The topological polar surface area (TPSA) is 49.3 Å². The Bertz CT molecular complexity index is 418. The molecule has 1 saturated carbocycles. The lowest BCUT2D eigenvalue weighted by Crippen LogP contribution is -2.43. The highest BCUT2D eigenvalue weighted by molar-refractivity contribution is 8.00. The summed E-state index contributed by atoms with van der Waals surface area (Å²) in [5.41, 5.74) is 0. The number of carbonyl (C=O) groups is 1. The maximum atomic E-state index is 11.8. The van der Waals surface area contributed by atoms with Crippen LogP contribution in [0.25, 0.3) is 0 Å². The Balaban J connectivity index is 2.12. The number of hydrogen-bond acceptors (Lipinski definition) is 3. The average molecular weight is 293 g/mol. The smallest absolute Gasteiger partial charge is 0.249 e. The molecule has 4 heteroatoms. The van der Waals surface area contributed by atoms with Crippen molar-refractivity contribution in [3.05, 3.63) is 30.3 Å². The van der Waals surface area contributed by atoms with Crippen LogP contribution < -0.4 is 5.32 Å². The third-order valence-electron chi connectivity index (χ3n) is 3.96. The lowest BCUT2D eigenvalue weighted by Gasteiger charge is -2.32. The third-order valence-corrected chi connectivity index (χ3v) is 5.42. The number of carbonyl (C=O) groups excluding carboxylic acids is 1. The maximum Gasteiger partial charge on any atom is 0.249 e. The fourth-order valence-corrected chi connectivity index (χ4v) is 4.18. The van der Waals surface area contributed by atoms with Gasteiger partial charge in [0, 0.05) is 17.2 Å². The number of aliphatic hydroxyl groups excluding tert-OH is 1. The summed E-state index contributed by atoms with van der Waals surface area (Å²) >= 11 is 1.64. The summed E-state index contributed by atoms with van der Waals surface area (Å²) in [5, 5.41) is 12.9. The fourth-order valence-electron chi connectivity index (χ4n) is 2.83. The second-order valence-corrected chi connectivity index (χ2v) is 6.60. The van der Waals surface area contributed by atoms with Crippen LogP contribution in [-0.2, 0) is 4.79 Å². The SMILES string of the molecule is CNC(=O)[C@H](O)[C@H](Sc1ccccc1)C1CCCCC1. The van der Waals surface area contributed by atoms with E-state index in [1.165, 1.54) is 19.3 Å². The first kappa shape index (κ1) is 15.4. The predicted molar refractivity (Wildman–Crippen MR) is 82.7 cm³/mol. The van der Waals surface area contributed by atoms with E-state index >= 15 is 0 Å². The van der Waals surface area contributed by atoms with Gasteiger partial charge in [-0.2, -0.15) is 0 Å². The van der Waals surface area contributed by atoms with E-state index in [2.05, 4.69) is 5.32 Å². The monoisotopic (exact) mass is 293 g/mol. The van der Waals surface area contributed by atoms with Gasteiger partial charge in [0.05, 0.1) is 0 Å². The van der Waals surface area contributed by atoms with Crippen molar-refractivity contribution in [2.24, 2.45) is 5.92 Å². The number of benzene rings is 1. The molecule has 110 valence electrons. The van der Waals surface area contributed by atoms with E-state index in [0.29, 0.717) is 5.92 Å². The Kier molecular flexibility index (Phi) is 5.92. The van der Waals surface area contributed by atoms with E-state index in [4.69, 9.17) is 0 Å². The molecule has 1 aromatic carbocycles. The predicted octanol–water partition coefficient (Wildman–Crippen LogP) is 2.83. The van der Waals surface area contributed by atoms with Crippen LogP contribution in [-0.4, -0.2) is 29.4 Å². The fraction of sp³-hybridized carbons (Fsp3) is 0.562. The van der Waals surface area contributed by atoms with Gasteiger partial charge in [0.1, 0.15) is 6.10 Å². The molecule has 20 heavy (non-hydrogen) atoms. The average Bonchev–Trinajstić information content (AvgIpc) is 2.53. The standard InChI is InChI=1S/C16H23NO2S/c1-17-16(19)14(18)15(12-8-4-2-5-9-12)20-13-10-6-3-7-11-13/h3,6-7,10-12,14-15,18H,2,4-5,8-9H2,1H3,(H,17,19)/t14-,15-/m1/s1. The molecule has 0 aliphatic heterocycles. The summed E-state index contributed by atoms with van der Waals surface area (Å²) < 4.78 is 0. The van der Waals surface area contributed by atoms with Gasteiger partial charge in [-0.3, -0.25) is 4.79 Å². The third kappa shape index (κ3) is 4.00. The molecule has 0 saturated heterocycles. The summed E-state index contributed by atoms with van der Waals surface area (Å²) in [5.74, 6) is 0.144. The molecule has 0 radical (unpaired) electrons. The molecule has 1 amide bonds. The minimum atomic E-state index is -0.937. The van der Waals surface area contributed by atoms with Gasteiger partial charge in [0.2, 0.25) is 5.91 Å². The van der Waals surface area contributed by atoms with Crippen molar-refractivity contribution in [2.75, 3.05) is 7.05 Å². The van der Waals surface area contributed by atoms with Crippen molar-refractivity contribution in [3.8, 4) is 0 Å². The van der Waals surface area contributed by atoms with Gasteiger partial charge in [-0.1, -0.05) is 37.5 Å². The van der Waals surface area contributed by atoms with Crippen molar-refractivity contribution in [2.45, 2.75) is 48.4 Å². The molecular weight excluding hydrogens is 270 g/mol. The molecule has 3 nitrogen and oxygen atoms in total. The van der Waals surface area contributed by atoms with Crippen LogP contribution in [0.5, 0.6) is 0 Å². The van der Waals surface area contributed by atoms with Crippen LogP contribution in [0.2, 0.25) is 0 Å². The zero-order valence-corrected chi connectivity index (χ0v) is 12.7. The van der Waals surface area contributed by atoms with Crippen molar-refractivity contribution in [1.82, 2.24) is 5.32 Å². The molecule has 0 spiro atoms. The second-order valence-electron chi connectivity index (χ2n) is 5.35. The molecule has 1 aliphatic carbocycles. The molecule has 0 heterocycles. The van der Waals surface area contributed by atoms with Crippen LogP contribution in [0.1, 0.15) is 32.1 Å². The quantitative estimate of drug-likeness (QED) is 0.821. The number of thioether (sulfide) groups is 1. The number of rotatable bonds is 5. The van der Waals surface area contributed by atoms with E-state index in [-0.39, 0.29) is 11.2 Å². The Hall–Kier alpha value is -1.00. The van der Waals surface area contributed by atoms with Crippen LogP contribution in [0.3, 0.4) is 0 Å². The van der Waals surface area contributed by atoms with E-state index < -0.39 is 6.10 Å². The Morgan fingerprint density at radius 1 is 1.25 bits per heavy atom. The minimum Gasteiger partial charge on any atom is -0.382 e. The number of hydrogen-bond donors (Lipinski definition) is 2. The number of aliphatic hydroxyl groups is 1. The normalized spacial score (nSPS) is 19.3. The number of nitrogens with one attached hydrogen (secondary N) is 1. The maximum absolute atomic E-state index is 11.8. The van der Waals surface area contributed by atoms with Gasteiger partial charge in [0.25, 0.3) is 0 Å². The summed E-state index contributed by atoms with van der Waals surface area (Å²) in [7, 11) is 1.58. The first-order valence-electron chi connectivity index (χ1n) is 7.33. The van der Waals surface area contributed by atoms with Gasteiger partial charge >= 0.3 is 0 Å². The molecule has 1 aliphatic rings.